The van der Waals surface area contributed by atoms with Crippen LogP contribution >= 0.6 is 0 Å². The summed E-state index contributed by atoms with van der Waals surface area (Å²) < 4.78 is 5.70. The van der Waals surface area contributed by atoms with E-state index in [1.165, 1.54) is 4.90 Å². The van der Waals surface area contributed by atoms with Crippen molar-refractivity contribution >= 4 is 17.8 Å². The molecule has 7 heteroatoms. The summed E-state index contributed by atoms with van der Waals surface area (Å²) in [5.41, 5.74) is 0.212. The average molecular weight is 346 g/mol. The molecular weight excluding hydrogens is 324 g/mol. The third-order valence-corrected chi connectivity index (χ3v) is 5.00. The number of hydrogen-bond acceptors (Lipinski definition) is 4. The molecule has 3 atom stereocenters. The lowest BCUT2D eigenvalue weighted by Gasteiger charge is -2.53. The Hall–Kier alpha value is -2.41. The Bertz CT molecular complexity index is 677. The van der Waals surface area contributed by atoms with Gasteiger partial charge in [-0.25, -0.2) is 4.79 Å². The lowest BCUT2D eigenvalue weighted by Crippen LogP contribution is -2.70. The average Bonchev–Trinajstić information content (AvgIpc) is 2.60. The summed E-state index contributed by atoms with van der Waals surface area (Å²) in [6, 6.07) is 8.40. The first-order valence-electron chi connectivity index (χ1n) is 8.39. The Morgan fingerprint density at radius 1 is 1.36 bits per heavy atom. The smallest absolute Gasteiger partial charge is 0.329 e. The second-order valence-corrected chi connectivity index (χ2v) is 6.77. The van der Waals surface area contributed by atoms with Crippen LogP contribution in [0.4, 0.5) is 0 Å². The molecule has 2 N–H and O–H groups in total. The van der Waals surface area contributed by atoms with E-state index in [0.717, 1.165) is 5.56 Å². The van der Waals surface area contributed by atoms with Crippen molar-refractivity contribution in [3.63, 3.8) is 0 Å². The van der Waals surface area contributed by atoms with Gasteiger partial charge in [-0.1, -0.05) is 30.3 Å². The number of carboxylic acid groups (broad SMARTS) is 1. The first-order valence-corrected chi connectivity index (χ1v) is 8.39. The van der Waals surface area contributed by atoms with Crippen LogP contribution in [0.5, 0.6) is 0 Å². The third kappa shape index (κ3) is 3.37. The summed E-state index contributed by atoms with van der Waals surface area (Å²) >= 11 is 0. The first-order chi connectivity index (χ1) is 11.9. The van der Waals surface area contributed by atoms with Crippen LogP contribution in [-0.4, -0.2) is 53.0 Å². The fraction of sp³-hybridized carbons (Fsp3) is 0.500. The lowest BCUT2D eigenvalue weighted by molar-refractivity contribution is -0.183. The van der Waals surface area contributed by atoms with Crippen molar-refractivity contribution in [3.8, 4) is 0 Å². The highest BCUT2D eigenvalue weighted by Gasteiger charge is 2.57. The van der Waals surface area contributed by atoms with Crippen LogP contribution in [0.15, 0.2) is 30.3 Å². The molecule has 1 aromatic rings. The van der Waals surface area contributed by atoms with E-state index in [9.17, 15) is 19.5 Å². The molecule has 2 aliphatic rings. The van der Waals surface area contributed by atoms with E-state index in [1.807, 2.05) is 30.3 Å². The van der Waals surface area contributed by atoms with Gasteiger partial charge in [0.2, 0.25) is 11.8 Å². The summed E-state index contributed by atoms with van der Waals surface area (Å²) in [5, 5.41) is 12.3. The summed E-state index contributed by atoms with van der Waals surface area (Å²) in [5.74, 6) is -1.51. The monoisotopic (exact) mass is 346 g/mol. The maximum atomic E-state index is 12.6. The number of likely N-dealkylation sites (tertiary alicyclic amines) is 1. The molecule has 2 fully saturated rings. The summed E-state index contributed by atoms with van der Waals surface area (Å²) in [4.78, 5) is 37.3. The van der Waals surface area contributed by atoms with Gasteiger partial charge in [0.25, 0.3) is 0 Å². The number of carbonyl (C=O) groups is 3. The molecule has 3 rings (SSSR count). The fourth-order valence-electron chi connectivity index (χ4n) is 3.60. The topological polar surface area (TPSA) is 95.9 Å². The number of nitrogens with one attached hydrogen (secondary N) is 1. The van der Waals surface area contributed by atoms with E-state index in [1.54, 1.807) is 6.92 Å². The number of benzene rings is 1. The van der Waals surface area contributed by atoms with Gasteiger partial charge < -0.3 is 20.1 Å². The van der Waals surface area contributed by atoms with Crippen molar-refractivity contribution in [1.29, 1.82) is 0 Å². The van der Waals surface area contributed by atoms with Crippen molar-refractivity contribution in [3.05, 3.63) is 35.9 Å². The quantitative estimate of drug-likeness (QED) is 0.742. The number of carboxylic acids is 1. The predicted octanol–water partition coefficient (Wildman–Crippen LogP) is 0.783. The van der Waals surface area contributed by atoms with Crippen molar-refractivity contribution in [2.24, 2.45) is 5.41 Å². The van der Waals surface area contributed by atoms with Crippen LogP contribution < -0.4 is 5.32 Å². The van der Waals surface area contributed by atoms with Gasteiger partial charge in [0, 0.05) is 19.5 Å². The van der Waals surface area contributed by atoms with E-state index in [-0.39, 0.29) is 31.4 Å². The minimum absolute atomic E-state index is 0.133. The molecule has 2 amide bonds. The number of hydrogen-bond donors (Lipinski definition) is 2. The number of piperidine rings is 1. The van der Waals surface area contributed by atoms with Gasteiger partial charge in [-0.15, -0.1) is 0 Å². The molecule has 1 unspecified atom stereocenters. The van der Waals surface area contributed by atoms with Crippen molar-refractivity contribution in [2.75, 3.05) is 13.1 Å². The molecule has 2 heterocycles. The molecule has 25 heavy (non-hydrogen) atoms. The Morgan fingerprint density at radius 3 is 2.68 bits per heavy atom. The molecule has 0 saturated carbocycles. The highest BCUT2D eigenvalue weighted by Crippen LogP contribution is 2.42. The highest BCUT2D eigenvalue weighted by atomic mass is 16.5. The zero-order valence-corrected chi connectivity index (χ0v) is 14.1. The molecule has 0 aliphatic carbocycles. The SMILES string of the molecule is C[C@@H](OCc1ccccc1)[C@@H](C(=O)O)N1CC2(CCNC(=O)C2)C1=O. The van der Waals surface area contributed by atoms with Gasteiger partial charge in [-0.05, 0) is 18.9 Å². The van der Waals surface area contributed by atoms with Gasteiger partial charge >= 0.3 is 5.97 Å². The van der Waals surface area contributed by atoms with Crippen LogP contribution in [0.25, 0.3) is 0 Å². The third-order valence-electron chi connectivity index (χ3n) is 5.00. The van der Waals surface area contributed by atoms with E-state index >= 15 is 0 Å². The molecule has 2 aliphatic heterocycles. The summed E-state index contributed by atoms with van der Waals surface area (Å²) in [6.45, 7) is 2.68. The predicted molar refractivity (Wildman–Crippen MR) is 88.5 cm³/mol. The van der Waals surface area contributed by atoms with E-state index in [0.29, 0.717) is 13.0 Å². The number of ether oxygens (including phenoxy) is 1. The largest absolute Gasteiger partial charge is 0.480 e. The molecule has 0 aromatic heterocycles. The fourth-order valence-corrected chi connectivity index (χ4v) is 3.60. The second kappa shape index (κ2) is 6.84. The number of nitrogens with zero attached hydrogens (tertiary/aromatic N) is 1. The van der Waals surface area contributed by atoms with Gasteiger partial charge in [-0.2, -0.15) is 0 Å². The second-order valence-electron chi connectivity index (χ2n) is 6.77. The molecule has 0 radical (unpaired) electrons. The van der Waals surface area contributed by atoms with Crippen molar-refractivity contribution in [2.45, 2.75) is 38.5 Å². The normalized spacial score (nSPS) is 25.2. The number of amides is 2. The van der Waals surface area contributed by atoms with Crippen LogP contribution in [0.2, 0.25) is 0 Å². The van der Waals surface area contributed by atoms with Gasteiger partial charge in [0.05, 0.1) is 18.1 Å². The Morgan fingerprint density at radius 2 is 2.08 bits per heavy atom. The van der Waals surface area contributed by atoms with Gasteiger partial charge in [0.1, 0.15) is 0 Å². The lowest BCUT2D eigenvalue weighted by atomic mass is 9.70. The minimum atomic E-state index is -1.09. The molecule has 0 bridgehead atoms. The van der Waals surface area contributed by atoms with E-state index < -0.39 is 23.5 Å². The van der Waals surface area contributed by atoms with Crippen LogP contribution in [0.3, 0.4) is 0 Å². The highest BCUT2D eigenvalue weighted by molar-refractivity contribution is 5.97. The molecule has 1 aromatic carbocycles. The molecule has 1 spiro atoms. The van der Waals surface area contributed by atoms with Crippen LogP contribution in [0.1, 0.15) is 25.3 Å². The first kappa shape index (κ1) is 17.4. The maximum absolute atomic E-state index is 12.6. The molecule has 2 saturated heterocycles. The Balaban J connectivity index is 1.64. The minimum Gasteiger partial charge on any atom is -0.480 e. The standard InChI is InChI=1S/C18H22N2O5/c1-12(25-10-13-5-3-2-4-6-13)15(16(22)23)20-11-18(17(20)24)7-8-19-14(21)9-18/h2-6,12,15H,7-11H2,1H3,(H,19,21)(H,22,23)/t12-,15+,18?/m1/s1. The number of rotatable bonds is 6. The van der Waals surface area contributed by atoms with Crippen molar-refractivity contribution < 1.29 is 24.2 Å². The van der Waals surface area contributed by atoms with Crippen molar-refractivity contribution in [1.82, 2.24) is 10.2 Å². The van der Waals surface area contributed by atoms with Gasteiger partial charge in [0.15, 0.2) is 6.04 Å². The zero-order valence-electron chi connectivity index (χ0n) is 14.1. The number of β-lactam (4-membered cyclic amide) rings is 1. The maximum Gasteiger partial charge on any atom is 0.329 e. The Kier molecular flexibility index (Phi) is 4.76. The summed E-state index contributed by atoms with van der Waals surface area (Å²) in [7, 11) is 0. The van der Waals surface area contributed by atoms with E-state index in [4.69, 9.17) is 4.74 Å². The number of aliphatic carboxylic acids is 1. The Labute approximate surface area is 146 Å². The van der Waals surface area contributed by atoms with Crippen LogP contribution in [0, 0.1) is 5.41 Å². The summed E-state index contributed by atoms with van der Waals surface area (Å²) in [6.07, 6.45) is 0.0320. The molecule has 134 valence electrons. The zero-order chi connectivity index (χ0) is 18.0. The van der Waals surface area contributed by atoms with Gasteiger partial charge in [-0.3, -0.25) is 9.59 Å². The van der Waals surface area contributed by atoms with E-state index in [2.05, 4.69) is 5.32 Å². The molecule has 7 nitrogen and oxygen atoms in total. The van der Waals surface area contributed by atoms with Crippen LogP contribution in [-0.2, 0) is 25.7 Å². The number of carbonyl (C=O) groups excluding carboxylic acids is 2. The molecular formula is C18H22N2O5.